The number of fused-ring (bicyclic) bond motifs is 6. The summed E-state index contributed by atoms with van der Waals surface area (Å²) >= 11 is 1.74. The average molecular weight is 362 g/mol. The van der Waals surface area contributed by atoms with Crippen LogP contribution in [0.25, 0.3) is 53.1 Å². The molecule has 6 rings (SSSR count). The summed E-state index contributed by atoms with van der Waals surface area (Å²) in [5.74, 6) is 0. The highest BCUT2D eigenvalue weighted by Gasteiger charge is 2.16. The monoisotopic (exact) mass is 362 g/mol. The molecule has 27 heavy (non-hydrogen) atoms. The van der Waals surface area contributed by atoms with Gasteiger partial charge in [-0.3, -0.25) is 0 Å². The second kappa shape index (κ2) is 5.60. The molecule has 0 bridgehead atoms. The van der Waals surface area contributed by atoms with Gasteiger partial charge in [0.25, 0.3) is 0 Å². The summed E-state index contributed by atoms with van der Waals surface area (Å²) in [7, 11) is 0. The molecule has 0 radical (unpaired) electrons. The van der Waals surface area contributed by atoms with E-state index in [0.717, 1.165) is 21.5 Å². The molecule has 0 unspecified atom stereocenters. The highest BCUT2D eigenvalue weighted by atomic mass is 32.1. The Morgan fingerprint density at radius 1 is 0.593 bits per heavy atom. The maximum Gasteiger partial charge on any atom is 0.128 e. The third kappa shape index (κ3) is 2.12. The molecule has 6 aromatic rings. The summed E-state index contributed by atoms with van der Waals surface area (Å²) in [6, 6.07) is 27.9. The number of rotatable bonds is 1. The van der Waals surface area contributed by atoms with Crippen LogP contribution in [0.4, 0.5) is 0 Å². The van der Waals surface area contributed by atoms with E-state index in [0.29, 0.717) is 0 Å². The lowest BCUT2D eigenvalue weighted by Gasteiger charge is -2.08. The van der Waals surface area contributed by atoms with Gasteiger partial charge in [0.1, 0.15) is 11.2 Å². The van der Waals surface area contributed by atoms with Crippen LogP contribution in [0.3, 0.4) is 0 Å². The van der Waals surface area contributed by atoms with Crippen LogP contribution in [-0.4, -0.2) is 9.97 Å². The second-order valence-corrected chi connectivity index (χ2v) is 7.72. The molecule has 2 heterocycles. The van der Waals surface area contributed by atoms with E-state index in [-0.39, 0.29) is 0 Å². The molecule has 2 aromatic heterocycles. The Balaban J connectivity index is 1.84. The van der Waals surface area contributed by atoms with Crippen LogP contribution in [0.15, 0.2) is 85.2 Å². The van der Waals surface area contributed by atoms with Crippen molar-refractivity contribution in [2.24, 2.45) is 0 Å². The summed E-state index contributed by atoms with van der Waals surface area (Å²) in [6.45, 7) is 0. The Hall–Kier alpha value is -3.30. The average Bonchev–Trinajstić information content (AvgIpc) is 3.12. The first-order valence-corrected chi connectivity index (χ1v) is 9.75. The van der Waals surface area contributed by atoms with Crippen molar-refractivity contribution in [1.82, 2.24) is 9.97 Å². The van der Waals surface area contributed by atoms with E-state index in [2.05, 4.69) is 83.8 Å². The van der Waals surface area contributed by atoms with Crippen LogP contribution >= 0.6 is 11.3 Å². The maximum atomic E-state index is 4.75. The van der Waals surface area contributed by atoms with Gasteiger partial charge in [0.05, 0.1) is 5.69 Å². The van der Waals surface area contributed by atoms with Gasteiger partial charge in [0.15, 0.2) is 0 Å². The Labute approximate surface area is 159 Å². The van der Waals surface area contributed by atoms with Crippen molar-refractivity contribution in [1.29, 1.82) is 0 Å². The third-order valence-corrected chi connectivity index (χ3v) is 6.27. The van der Waals surface area contributed by atoms with Crippen LogP contribution in [0.5, 0.6) is 0 Å². The fourth-order valence-corrected chi connectivity index (χ4v) is 5.07. The van der Waals surface area contributed by atoms with Gasteiger partial charge in [0.2, 0.25) is 0 Å². The van der Waals surface area contributed by atoms with E-state index in [1.165, 1.54) is 31.6 Å². The van der Waals surface area contributed by atoms with E-state index in [1.54, 1.807) is 17.7 Å². The SMILES string of the molecule is c1ccc2c(-c3ncnc4sc5ccc6ccccc6c5c34)cccc2c1. The molecule has 0 spiro atoms. The van der Waals surface area contributed by atoms with Crippen molar-refractivity contribution in [3.05, 3.63) is 85.2 Å². The van der Waals surface area contributed by atoms with Crippen LogP contribution < -0.4 is 0 Å². The zero-order valence-electron chi connectivity index (χ0n) is 14.4. The van der Waals surface area contributed by atoms with Crippen LogP contribution in [0.1, 0.15) is 0 Å². The molecule has 0 aliphatic heterocycles. The van der Waals surface area contributed by atoms with Gasteiger partial charge in [-0.15, -0.1) is 11.3 Å². The van der Waals surface area contributed by atoms with Gasteiger partial charge < -0.3 is 0 Å². The molecule has 3 heteroatoms. The quantitative estimate of drug-likeness (QED) is 0.321. The van der Waals surface area contributed by atoms with Crippen molar-refractivity contribution in [2.75, 3.05) is 0 Å². The number of benzene rings is 4. The van der Waals surface area contributed by atoms with E-state index in [4.69, 9.17) is 4.98 Å². The Morgan fingerprint density at radius 2 is 1.33 bits per heavy atom. The lowest BCUT2D eigenvalue weighted by Crippen LogP contribution is -1.88. The zero-order valence-corrected chi connectivity index (χ0v) is 15.2. The fraction of sp³-hybridized carbons (Fsp3) is 0. The molecule has 0 fully saturated rings. The highest BCUT2D eigenvalue weighted by molar-refractivity contribution is 7.25. The number of thiophene rings is 1. The standard InChI is InChI=1S/C24H14N2S/c1-3-9-17-15(6-1)8-5-11-19(17)23-22-21-18-10-4-2-7-16(18)12-13-20(21)27-24(22)26-14-25-23/h1-14H. The number of nitrogens with zero attached hydrogens (tertiary/aromatic N) is 2. The predicted octanol–water partition coefficient (Wildman–Crippen LogP) is 6.82. The molecular weight excluding hydrogens is 348 g/mol. The van der Waals surface area contributed by atoms with Crippen molar-refractivity contribution in [2.45, 2.75) is 0 Å². The minimum atomic E-state index is 1.01. The Bertz CT molecular complexity index is 1470. The van der Waals surface area contributed by atoms with Crippen molar-refractivity contribution >= 4 is 53.2 Å². The second-order valence-electron chi connectivity index (χ2n) is 6.69. The molecule has 4 aromatic carbocycles. The normalized spacial score (nSPS) is 11.7. The molecule has 0 saturated carbocycles. The molecule has 2 nitrogen and oxygen atoms in total. The zero-order chi connectivity index (χ0) is 17.8. The maximum absolute atomic E-state index is 4.75. The van der Waals surface area contributed by atoms with Crippen LogP contribution in [-0.2, 0) is 0 Å². The number of hydrogen-bond acceptors (Lipinski definition) is 3. The molecular formula is C24H14N2S. The number of hydrogen-bond donors (Lipinski definition) is 0. The highest BCUT2D eigenvalue weighted by Crippen LogP contribution is 2.42. The summed E-state index contributed by atoms with van der Waals surface area (Å²) in [6.07, 6.45) is 1.69. The molecule has 0 aliphatic rings. The molecule has 0 N–H and O–H groups in total. The van der Waals surface area contributed by atoms with Gasteiger partial charge in [0, 0.05) is 21.0 Å². The molecule has 0 amide bonds. The molecule has 0 atom stereocenters. The van der Waals surface area contributed by atoms with E-state index < -0.39 is 0 Å². The van der Waals surface area contributed by atoms with Gasteiger partial charge in [-0.2, -0.15) is 0 Å². The van der Waals surface area contributed by atoms with Gasteiger partial charge in [-0.1, -0.05) is 72.8 Å². The molecule has 0 saturated heterocycles. The first-order chi connectivity index (χ1) is 13.4. The Morgan fingerprint density at radius 3 is 2.22 bits per heavy atom. The topological polar surface area (TPSA) is 25.8 Å². The third-order valence-electron chi connectivity index (χ3n) is 5.20. The minimum absolute atomic E-state index is 1.01. The van der Waals surface area contributed by atoms with E-state index in [9.17, 15) is 0 Å². The first-order valence-electron chi connectivity index (χ1n) is 8.93. The lowest BCUT2D eigenvalue weighted by molar-refractivity contribution is 1.24. The first kappa shape index (κ1) is 14.8. The number of aromatic nitrogens is 2. The minimum Gasteiger partial charge on any atom is -0.236 e. The van der Waals surface area contributed by atoms with Crippen LogP contribution in [0.2, 0.25) is 0 Å². The summed E-state index contributed by atoms with van der Waals surface area (Å²) < 4.78 is 1.26. The fourth-order valence-electron chi connectivity index (χ4n) is 4.01. The summed E-state index contributed by atoms with van der Waals surface area (Å²) in [5.41, 5.74) is 2.17. The van der Waals surface area contributed by atoms with Gasteiger partial charge >= 0.3 is 0 Å². The van der Waals surface area contributed by atoms with Crippen LogP contribution in [0, 0.1) is 0 Å². The van der Waals surface area contributed by atoms with Gasteiger partial charge in [-0.25, -0.2) is 9.97 Å². The van der Waals surface area contributed by atoms with Crippen molar-refractivity contribution in [3.63, 3.8) is 0 Å². The largest absolute Gasteiger partial charge is 0.236 e. The van der Waals surface area contributed by atoms with Crippen molar-refractivity contribution < 1.29 is 0 Å². The van der Waals surface area contributed by atoms with Crippen molar-refractivity contribution in [3.8, 4) is 11.3 Å². The smallest absolute Gasteiger partial charge is 0.128 e. The molecule has 126 valence electrons. The lowest BCUT2D eigenvalue weighted by atomic mass is 9.98. The van der Waals surface area contributed by atoms with E-state index >= 15 is 0 Å². The summed E-state index contributed by atoms with van der Waals surface area (Å²) in [5, 5.41) is 7.38. The Kier molecular flexibility index (Phi) is 3.07. The van der Waals surface area contributed by atoms with E-state index in [1.807, 2.05) is 0 Å². The molecule has 0 aliphatic carbocycles. The predicted molar refractivity (Wildman–Crippen MR) is 115 cm³/mol. The summed E-state index contributed by atoms with van der Waals surface area (Å²) in [4.78, 5) is 10.4. The van der Waals surface area contributed by atoms with Gasteiger partial charge in [-0.05, 0) is 27.6 Å².